The van der Waals surface area contributed by atoms with Gasteiger partial charge in [-0.15, -0.1) is 0 Å². The summed E-state index contributed by atoms with van der Waals surface area (Å²) >= 11 is 0. The molecular formula is C22H29N3O5S. The zero-order valence-corrected chi connectivity index (χ0v) is 19.0. The fraction of sp³-hybridized carbons (Fsp3) is 0.364. The Bertz CT molecular complexity index is 1060. The van der Waals surface area contributed by atoms with E-state index in [4.69, 9.17) is 0 Å². The van der Waals surface area contributed by atoms with Crippen molar-refractivity contribution in [2.75, 3.05) is 13.1 Å². The number of amides is 2. The van der Waals surface area contributed by atoms with E-state index in [0.717, 1.165) is 0 Å². The molecule has 0 unspecified atom stereocenters. The molecule has 0 aliphatic rings. The van der Waals surface area contributed by atoms with Gasteiger partial charge in [0.2, 0.25) is 10.0 Å². The van der Waals surface area contributed by atoms with Gasteiger partial charge in [-0.1, -0.05) is 12.1 Å². The fourth-order valence-corrected chi connectivity index (χ4v) is 4.26. The molecule has 0 heterocycles. The molecule has 0 atom stereocenters. The first kappa shape index (κ1) is 24.4. The lowest BCUT2D eigenvalue weighted by molar-refractivity contribution is 0.0951. The van der Waals surface area contributed by atoms with Crippen LogP contribution in [0.3, 0.4) is 0 Å². The number of sulfonamides is 1. The molecule has 9 heteroatoms. The van der Waals surface area contributed by atoms with Crippen LogP contribution in [0.25, 0.3) is 0 Å². The van der Waals surface area contributed by atoms with Crippen LogP contribution in [0.1, 0.15) is 53.5 Å². The SMILES string of the molecule is Cc1ccc(S(=O)(=O)NC(C)(C)C)cc1C(=O)NCCCNC(=O)c1cccc(O)c1. The van der Waals surface area contributed by atoms with Crippen LogP contribution < -0.4 is 15.4 Å². The molecule has 2 amide bonds. The number of aryl methyl sites for hydroxylation is 1. The van der Waals surface area contributed by atoms with Crippen LogP contribution in [-0.2, 0) is 10.0 Å². The Kier molecular flexibility index (Phi) is 7.80. The first-order valence-corrected chi connectivity index (χ1v) is 11.4. The number of rotatable bonds is 8. The number of nitrogens with one attached hydrogen (secondary N) is 3. The number of aromatic hydroxyl groups is 1. The number of carbonyl (C=O) groups excluding carboxylic acids is 2. The Morgan fingerprint density at radius 2 is 1.61 bits per heavy atom. The highest BCUT2D eigenvalue weighted by molar-refractivity contribution is 7.89. The quantitative estimate of drug-likeness (QED) is 0.462. The van der Waals surface area contributed by atoms with Gasteiger partial charge in [0.15, 0.2) is 0 Å². The first-order chi connectivity index (χ1) is 14.4. The lowest BCUT2D eigenvalue weighted by Crippen LogP contribution is -2.40. The molecule has 0 aliphatic heterocycles. The number of benzene rings is 2. The highest BCUT2D eigenvalue weighted by Gasteiger charge is 2.23. The van der Waals surface area contributed by atoms with Gasteiger partial charge in [-0.2, -0.15) is 0 Å². The minimum absolute atomic E-state index is 0.0113. The van der Waals surface area contributed by atoms with E-state index in [1.165, 1.54) is 24.3 Å². The summed E-state index contributed by atoms with van der Waals surface area (Å²) in [5.74, 6) is -0.691. The lowest BCUT2D eigenvalue weighted by Gasteiger charge is -2.20. The highest BCUT2D eigenvalue weighted by atomic mass is 32.2. The average Bonchev–Trinajstić information content (AvgIpc) is 2.65. The smallest absolute Gasteiger partial charge is 0.251 e. The van der Waals surface area contributed by atoms with E-state index in [-0.39, 0.29) is 28.0 Å². The molecule has 0 saturated heterocycles. The number of phenols is 1. The standard InChI is InChI=1S/C22H29N3O5S/c1-15-9-10-18(31(29,30)25-22(2,3)4)14-19(15)21(28)24-12-6-11-23-20(27)16-7-5-8-17(26)13-16/h5,7-10,13-14,25-26H,6,11-12H2,1-4H3,(H,23,27)(H,24,28). The third kappa shape index (κ3) is 7.37. The summed E-state index contributed by atoms with van der Waals surface area (Å²) < 4.78 is 27.6. The van der Waals surface area contributed by atoms with Crippen molar-refractivity contribution in [1.29, 1.82) is 0 Å². The van der Waals surface area contributed by atoms with Crippen LogP contribution in [0, 0.1) is 6.92 Å². The molecular weight excluding hydrogens is 418 g/mol. The summed E-state index contributed by atoms with van der Waals surface area (Å²) in [6.07, 6.45) is 0.485. The van der Waals surface area contributed by atoms with Gasteiger partial charge < -0.3 is 15.7 Å². The van der Waals surface area contributed by atoms with Gasteiger partial charge in [0, 0.05) is 29.8 Å². The monoisotopic (exact) mass is 447 g/mol. The summed E-state index contributed by atoms with van der Waals surface area (Å²) in [6, 6.07) is 10.5. The second-order valence-electron chi connectivity index (χ2n) is 8.25. The Hall–Kier alpha value is -2.91. The second-order valence-corrected chi connectivity index (χ2v) is 9.93. The molecule has 0 aromatic heterocycles. The van der Waals surface area contributed by atoms with Crippen molar-refractivity contribution in [3.05, 3.63) is 59.2 Å². The third-order valence-electron chi connectivity index (χ3n) is 4.24. The summed E-state index contributed by atoms with van der Waals surface area (Å²) in [4.78, 5) is 24.6. The van der Waals surface area contributed by atoms with Crippen molar-refractivity contribution in [2.45, 2.75) is 44.6 Å². The van der Waals surface area contributed by atoms with E-state index < -0.39 is 15.6 Å². The van der Waals surface area contributed by atoms with Gasteiger partial charge in [0.25, 0.3) is 11.8 Å². The topological polar surface area (TPSA) is 125 Å². The molecule has 2 aromatic carbocycles. The van der Waals surface area contributed by atoms with E-state index in [2.05, 4.69) is 15.4 Å². The maximum Gasteiger partial charge on any atom is 0.251 e. The molecule has 2 rings (SSSR count). The molecule has 8 nitrogen and oxygen atoms in total. The average molecular weight is 448 g/mol. The van der Waals surface area contributed by atoms with E-state index in [0.29, 0.717) is 30.6 Å². The van der Waals surface area contributed by atoms with Crippen LogP contribution >= 0.6 is 0 Å². The summed E-state index contributed by atoms with van der Waals surface area (Å²) in [5, 5.41) is 14.9. The maximum absolute atomic E-state index is 12.5. The second kappa shape index (κ2) is 9.93. The molecule has 4 N–H and O–H groups in total. The van der Waals surface area contributed by atoms with Crippen molar-refractivity contribution >= 4 is 21.8 Å². The molecule has 0 fully saturated rings. The maximum atomic E-state index is 12.5. The minimum Gasteiger partial charge on any atom is -0.508 e. The number of carbonyl (C=O) groups is 2. The largest absolute Gasteiger partial charge is 0.508 e. The van der Waals surface area contributed by atoms with Crippen LogP contribution in [0.15, 0.2) is 47.4 Å². The summed E-state index contributed by atoms with van der Waals surface area (Å²) in [6.45, 7) is 7.59. The molecule has 0 bridgehead atoms. The summed E-state index contributed by atoms with van der Waals surface area (Å²) in [7, 11) is -3.75. The normalized spacial score (nSPS) is 11.7. The van der Waals surface area contributed by atoms with E-state index >= 15 is 0 Å². The molecule has 0 radical (unpaired) electrons. The van der Waals surface area contributed by atoms with Crippen molar-refractivity contribution in [2.24, 2.45) is 0 Å². The van der Waals surface area contributed by atoms with Gasteiger partial charge in [0.05, 0.1) is 4.90 Å². The molecule has 2 aromatic rings. The zero-order chi connectivity index (χ0) is 23.2. The lowest BCUT2D eigenvalue weighted by atomic mass is 10.1. The van der Waals surface area contributed by atoms with E-state index in [9.17, 15) is 23.1 Å². The van der Waals surface area contributed by atoms with E-state index in [1.54, 1.807) is 45.9 Å². The Balaban J connectivity index is 1.91. The Labute approximate surface area is 183 Å². The molecule has 0 spiro atoms. The molecule has 0 aliphatic carbocycles. The van der Waals surface area contributed by atoms with E-state index in [1.807, 2.05) is 0 Å². The zero-order valence-electron chi connectivity index (χ0n) is 18.2. The highest BCUT2D eigenvalue weighted by Crippen LogP contribution is 2.18. The number of phenolic OH excluding ortho intramolecular Hbond substituents is 1. The third-order valence-corrected chi connectivity index (χ3v) is 5.99. The van der Waals surface area contributed by atoms with Gasteiger partial charge in [-0.3, -0.25) is 9.59 Å². The fourth-order valence-electron chi connectivity index (χ4n) is 2.81. The van der Waals surface area contributed by atoms with Crippen molar-refractivity contribution in [1.82, 2.24) is 15.4 Å². The van der Waals surface area contributed by atoms with Gasteiger partial charge in [-0.25, -0.2) is 13.1 Å². The Morgan fingerprint density at radius 1 is 0.968 bits per heavy atom. The van der Waals surface area contributed by atoms with Crippen LogP contribution in [-0.4, -0.2) is 44.0 Å². The van der Waals surface area contributed by atoms with Crippen LogP contribution in [0.5, 0.6) is 5.75 Å². The van der Waals surface area contributed by atoms with Gasteiger partial charge >= 0.3 is 0 Å². The molecule has 0 saturated carbocycles. The first-order valence-electron chi connectivity index (χ1n) is 9.89. The van der Waals surface area contributed by atoms with Gasteiger partial charge in [-0.05, 0) is 70.0 Å². The van der Waals surface area contributed by atoms with Crippen LogP contribution in [0.4, 0.5) is 0 Å². The Morgan fingerprint density at radius 3 is 2.23 bits per heavy atom. The minimum atomic E-state index is -3.75. The van der Waals surface area contributed by atoms with Crippen molar-refractivity contribution in [3.8, 4) is 5.75 Å². The number of hydrogen-bond donors (Lipinski definition) is 4. The van der Waals surface area contributed by atoms with Crippen molar-refractivity contribution in [3.63, 3.8) is 0 Å². The predicted molar refractivity (Wildman–Crippen MR) is 119 cm³/mol. The predicted octanol–water partition coefficient (Wildman–Crippen LogP) is 2.33. The summed E-state index contributed by atoms with van der Waals surface area (Å²) in [5.41, 5.74) is 0.640. The van der Waals surface area contributed by atoms with Crippen LogP contribution in [0.2, 0.25) is 0 Å². The van der Waals surface area contributed by atoms with Gasteiger partial charge in [0.1, 0.15) is 5.75 Å². The van der Waals surface area contributed by atoms with Crippen molar-refractivity contribution < 1.29 is 23.1 Å². The molecule has 31 heavy (non-hydrogen) atoms. The number of hydrogen-bond acceptors (Lipinski definition) is 5. The molecule has 168 valence electrons.